The summed E-state index contributed by atoms with van der Waals surface area (Å²) >= 11 is 0. The molecule has 3 N–H and O–H groups in total. The minimum atomic E-state index is -4.91. The standard InChI is InChI=1S/C11H18F3NO3/c1-10(9(17)18,11(12,13)14)15-7-5-3-2-4-6-8(7)16/h7-8,15-16H,2-6H2,1H3,(H,17,18). The number of aliphatic hydroxyl groups excluding tert-OH is 1. The van der Waals surface area contributed by atoms with Gasteiger partial charge in [-0.05, 0) is 19.8 Å². The number of aliphatic carboxylic acids is 1. The van der Waals surface area contributed by atoms with Gasteiger partial charge in [-0.1, -0.05) is 19.3 Å². The van der Waals surface area contributed by atoms with E-state index in [-0.39, 0.29) is 0 Å². The summed E-state index contributed by atoms with van der Waals surface area (Å²) in [6.45, 7) is 0.590. The first-order valence-corrected chi connectivity index (χ1v) is 5.94. The van der Waals surface area contributed by atoms with E-state index in [2.05, 4.69) is 5.32 Å². The Morgan fingerprint density at radius 1 is 1.22 bits per heavy atom. The summed E-state index contributed by atoms with van der Waals surface area (Å²) in [6.07, 6.45) is -2.84. The van der Waals surface area contributed by atoms with Crippen LogP contribution in [0.1, 0.15) is 39.0 Å². The number of carbonyl (C=O) groups is 1. The van der Waals surface area contributed by atoms with Gasteiger partial charge in [0.15, 0.2) is 0 Å². The zero-order valence-corrected chi connectivity index (χ0v) is 10.1. The molecule has 0 amide bonds. The highest BCUT2D eigenvalue weighted by Gasteiger charge is 2.58. The van der Waals surface area contributed by atoms with Gasteiger partial charge in [-0.25, -0.2) is 4.79 Å². The maximum Gasteiger partial charge on any atom is 0.417 e. The lowest BCUT2D eigenvalue weighted by molar-refractivity contribution is -0.209. The van der Waals surface area contributed by atoms with Gasteiger partial charge in [-0.2, -0.15) is 13.2 Å². The van der Waals surface area contributed by atoms with Crippen LogP contribution < -0.4 is 5.32 Å². The van der Waals surface area contributed by atoms with Crippen molar-refractivity contribution in [3.05, 3.63) is 0 Å². The van der Waals surface area contributed by atoms with Gasteiger partial charge >= 0.3 is 12.1 Å². The Bertz CT molecular complexity index is 308. The van der Waals surface area contributed by atoms with E-state index < -0.39 is 29.8 Å². The second-order valence-electron chi connectivity index (χ2n) is 4.88. The smallest absolute Gasteiger partial charge is 0.417 e. The van der Waals surface area contributed by atoms with Crippen LogP contribution in [-0.2, 0) is 4.79 Å². The van der Waals surface area contributed by atoms with Crippen molar-refractivity contribution in [1.82, 2.24) is 5.32 Å². The normalized spacial score (nSPS) is 29.4. The van der Waals surface area contributed by atoms with Crippen LogP contribution in [0.4, 0.5) is 13.2 Å². The van der Waals surface area contributed by atoms with E-state index in [0.29, 0.717) is 26.2 Å². The predicted octanol–water partition coefficient (Wildman–Crippen LogP) is 1.68. The van der Waals surface area contributed by atoms with Crippen LogP contribution in [0.15, 0.2) is 0 Å². The van der Waals surface area contributed by atoms with Gasteiger partial charge in [0.25, 0.3) is 0 Å². The zero-order valence-electron chi connectivity index (χ0n) is 10.1. The quantitative estimate of drug-likeness (QED) is 0.682. The largest absolute Gasteiger partial charge is 0.480 e. The summed E-state index contributed by atoms with van der Waals surface area (Å²) in [7, 11) is 0. The van der Waals surface area contributed by atoms with E-state index in [4.69, 9.17) is 5.11 Å². The second-order valence-corrected chi connectivity index (χ2v) is 4.88. The van der Waals surface area contributed by atoms with Crippen molar-refractivity contribution in [2.45, 2.75) is 62.9 Å². The summed E-state index contributed by atoms with van der Waals surface area (Å²) in [5.74, 6) is -1.98. The minimum Gasteiger partial charge on any atom is -0.480 e. The number of hydrogen-bond donors (Lipinski definition) is 3. The van der Waals surface area contributed by atoms with Crippen molar-refractivity contribution in [2.24, 2.45) is 0 Å². The fraction of sp³-hybridized carbons (Fsp3) is 0.909. The molecule has 106 valence electrons. The molecular weight excluding hydrogens is 251 g/mol. The van der Waals surface area contributed by atoms with E-state index in [1.54, 1.807) is 0 Å². The molecule has 0 saturated heterocycles. The molecule has 0 heterocycles. The summed E-state index contributed by atoms with van der Waals surface area (Å²) in [5, 5.41) is 20.6. The Morgan fingerprint density at radius 3 is 2.28 bits per heavy atom. The molecule has 3 unspecified atom stereocenters. The van der Waals surface area contributed by atoms with Crippen molar-refractivity contribution in [3.8, 4) is 0 Å². The summed E-state index contributed by atoms with van der Waals surface area (Å²) < 4.78 is 38.4. The molecule has 4 nitrogen and oxygen atoms in total. The molecule has 1 aliphatic rings. The Labute approximate surface area is 103 Å². The highest BCUT2D eigenvalue weighted by Crippen LogP contribution is 2.32. The third kappa shape index (κ3) is 3.14. The summed E-state index contributed by atoms with van der Waals surface area (Å²) in [5.41, 5.74) is -3.02. The van der Waals surface area contributed by atoms with Gasteiger partial charge in [-0.15, -0.1) is 0 Å². The topological polar surface area (TPSA) is 69.6 Å². The van der Waals surface area contributed by atoms with Crippen molar-refractivity contribution in [2.75, 3.05) is 0 Å². The first kappa shape index (κ1) is 15.2. The van der Waals surface area contributed by atoms with Gasteiger partial charge < -0.3 is 10.2 Å². The molecule has 0 spiro atoms. The number of hydrogen-bond acceptors (Lipinski definition) is 3. The van der Waals surface area contributed by atoms with Gasteiger partial charge in [0.05, 0.1) is 6.10 Å². The van der Waals surface area contributed by atoms with Crippen molar-refractivity contribution in [3.63, 3.8) is 0 Å². The number of aliphatic hydroxyl groups is 1. The Kier molecular flexibility index (Phi) is 4.61. The maximum atomic E-state index is 12.8. The fourth-order valence-electron chi connectivity index (χ4n) is 2.09. The molecule has 18 heavy (non-hydrogen) atoms. The first-order chi connectivity index (χ1) is 8.18. The third-order valence-electron chi connectivity index (χ3n) is 3.45. The van der Waals surface area contributed by atoms with E-state index in [1.165, 1.54) is 0 Å². The molecule has 7 heteroatoms. The lowest BCUT2D eigenvalue weighted by atomic mass is 9.96. The van der Waals surface area contributed by atoms with Crippen LogP contribution in [0.2, 0.25) is 0 Å². The van der Waals surface area contributed by atoms with Gasteiger partial charge in [-0.3, -0.25) is 5.32 Å². The van der Waals surface area contributed by atoms with Crippen LogP contribution >= 0.6 is 0 Å². The molecule has 0 aromatic carbocycles. The first-order valence-electron chi connectivity index (χ1n) is 5.94. The highest BCUT2D eigenvalue weighted by atomic mass is 19.4. The number of carboxylic acids is 1. The molecule has 0 radical (unpaired) electrons. The molecule has 0 aliphatic heterocycles. The van der Waals surface area contributed by atoms with Crippen molar-refractivity contribution < 1.29 is 28.2 Å². The van der Waals surface area contributed by atoms with Crippen molar-refractivity contribution >= 4 is 5.97 Å². The van der Waals surface area contributed by atoms with Crippen LogP contribution in [-0.4, -0.2) is 40.0 Å². The average Bonchev–Trinajstić information content (AvgIpc) is 2.42. The van der Waals surface area contributed by atoms with Crippen LogP contribution in [0.3, 0.4) is 0 Å². The van der Waals surface area contributed by atoms with Crippen LogP contribution in [0.5, 0.6) is 0 Å². The second kappa shape index (κ2) is 5.44. The molecule has 0 aromatic heterocycles. The third-order valence-corrected chi connectivity index (χ3v) is 3.45. The van der Waals surface area contributed by atoms with E-state index in [0.717, 1.165) is 12.8 Å². The Morgan fingerprint density at radius 2 is 1.78 bits per heavy atom. The van der Waals surface area contributed by atoms with Crippen molar-refractivity contribution in [1.29, 1.82) is 0 Å². The molecule has 1 rings (SSSR count). The van der Waals surface area contributed by atoms with E-state index in [1.807, 2.05) is 0 Å². The Balaban J connectivity index is 2.86. The summed E-state index contributed by atoms with van der Waals surface area (Å²) in [4.78, 5) is 10.9. The van der Waals surface area contributed by atoms with Crippen LogP contribution in [0, 0.1) is 0 Å². The fourth-order valence-corrected chi connectivity index (χ4v) is 2.09. The number of nitrogens with one attached hydrogen (secondary N) is 1. The molecule has 1 fully saturated rings. The lowest BCUT2D eigenvalue weighted by Crippen LogP contribution is -2.64. The number of carboxylic acid groups (broad SMARTS) is 1. The van der Waals surface area contributed by atoms with Gasteiger partial charge in [0.2, 0.25) is 5.54 Å². The van der Waals surface area contributed by atoms with Crippen LogP contribution in [0.25, 0.3) is 0 Å². The number of halogens is 3. The molecule has 0 bridgehead atoms. The lowest BCUT2D eigenvalue weighted by Gasteiger charge is -2.34. The summed E-state index contributed by atoms with van der Waals surface area (Å²) in [6, 6.07) is -0.838. The maximum absolute atomic E-state index is 12.8. The molecular formula is C11H18F3NO3. The van der Waals surface area contributed by atoms with E-state index >= 15 is 0 Å². The monoisotopic (exact) mass is 269 g/mol. The SMILES string of the molecule is CC(NC1CCCCCC1O)(C(=O)O)C(F)(F)F. The average molecular weight is 269 g/mol. The zero-order chi connectivity index (χ0) is 14.0. The number of alkyl halides is 3. The van der Waals surface area contributed by atoms with E-state index in [9.17, 15) is 23.1 Å². The Hall–Kier alpha value is -0.820. The molecule has 3 atom stereocenters. The highest BCUT2D eigenvalue weighted by molar-refractivity contribution is 5.79. The minimum absolute atomic E-state index is 0.347. The van der Waals surface area contributed by atoms with Gasteiger partial charge in [0, 0.05) is 6.04 Å². The molecule has 0 aromatic rings. The predicted molar refractivity (Wildman–Crippen MR) is 58.1 cm³/mol. The number of rotatable bonds is 3. The van der Waals surface area contributed by atoms with Gasteiger partial charge in [0.1, 0.15) is 0 Å². The molecule has 1 saturated carbocycles. The molecule has 1 aliphatic carbocycles.